The molecule has 26 heavy (non-hydrogen) atoms. The van der Waals surface area contributed by atoms with E-state index < -0.39 is 0 Å². The molecule has 0 aromatic heterocycles. The lowest BCUT2D eigenvalue weighted by atomic mass is 10.2. The first-order valence-electron chi connectivity index (χ1n) is 8.45. The van der Waals surface area contributed by atoms with E-state index >= 15 is 0 Å². The molecule has 2 aromatic rings. The van der Waals surface area contributed by atoms with Crippen molar-refractivity contribution in [3.05, 3.63) is 95.0 Å². The molecule has 1 fully saturated rings. The summed E-state index contributed by atoms with van der Waals surface area (Å²) in [6.07, 6.45) is 6.19. The molecule has 0 radical (unpaired) electrons. The first-order chi connectivity index (χ1) is 12.7. The number of para-hydroxylation sites is 1. The van der Waals surface area contributed by atoms with E-state index in [2.05, 4.69) is 22.5 Å². The van der Waals surface area contributed by atoms with Crippen molar-refractivity contribution in [3.8, 4) is 11.5 Å². The second-order valence-electron chi connectivity index (χ2n) is 5.98. The Morgan fingerprint density at radius 3 is 2.50 bits per heavy atom. The van der Waals surface area contributed by atoms with Crippen LogP contribution >= 0.6 is 15.9 Å². The van der Waals surface area contributed by atoms with Gasteiger partial charge >= 0.3 is 0 Å². The summed E-state index contributed by atoms with van der Waals surface area (Å²) >= 11 is 3.37. The predicted molar refractivity (Wildman–Crippen MR) is 108 cm³/mol. The summed E-state index contributed by atoms with van der Waals surface area (Å²) < 4.78 is 6.66. The van der Waals surface area contributed by atoms with Crippen molar-refractivity contribution >= 4 is 21.8 Å². The number of nitrogens with zero attached hydrogens (tertiary/aromatic N) is 1. The number of hydrogen-bond donors (Lipinski definition) is 0. The van der Waals surface area contributed by atoms with Crippen molar-refractivity contribution in [2.75, 3.05) is 6.54 Å². The molecule has 1 aliphatic rings. The second-order valence-corrected chi connectivity index (χ2v) is 6.90. The third-order valence-corrected chi connectivity index (χ3v) is 4.72. The van der Waals surface area contributed by atoms with Gasteiger partial charge in [0, 0.05) is 23.1 Å². The highest BCUT2D eigenvalue weighted by Gasteiger charge is 2.25. The van der Waals surface area contributed by atoms with Crippen molar-refractivity contribution in [1.29, 1.82) is 0 Å². The summed E-state index contributed by atoms with van der Waals surface area (Å²) in [6, 6.07) is 17.6. The number of carbonyl (C=O) groups excluding carboxylic acids is 1. The maximum absolute atomic E-state index is 12.5. The fourth-order valence-corrected chi connectivity index (χ4v) is 2.86. The topological polar surface area (TPSA) is 29.5 Å². The first-order valence-corrected chi connectivity index (χ1v) is 9.25. The van der Waals surface area contributed by atoms with Gasteiger partial charge in [-0.2, -0.15) is 0 Å². The van der Waals surface area contributed by atoms with Crippen molar-refractivity contribution in [1.82, 2.24) is 4.90 Å². The number of allylic oxidation sites excluding steroid dienone is 4. The fraction of sp³-hybridized carbons (Fsp3) is 0.136. The molecule has 0 saturated carbocycles. The molecule has 0 bridgehead atoms. The predicted octanol–water partition coefficient (Wildman–Crippen LogP) is 5.60. The van der Waals surface area contributed by atoms with Crippen LogP contribution in [-0.4, -0.2) is 17.4 Å². The molecule has 1 saturated heterocycles. The normalized spacial score (nSPS) is 16.2. The van der Waals surface area contributed by atoms with Crippen molar-refractivity contribution < 1.29 is 9.53 Å². The molecule has 1 heterocycles. The van der Waals surface area contributed by atoms with Crippen LogP contribution in [0.15, 0.2) is 89.5 Å². The number of ether oxygens (including phenoxy) is 1. The van der Waals surface area contributed by atoms with Gasteiger partial charge in [-0.1, -0.05) is 65.0 Å². The van der Waals surface area contributed by atoms with E-state index in [-0.39, 0.29) is 5.91 Å². The zero-order valence-electron chi connectivity index (χ0n) is 14.4. The third kappa shape index (κ3) is 4.73. The van der Waals surface area contributed by atoms with Crippen LogP contribution in [0.4, 0.5) is 0 Å². The minimum absolute atomic E-state index is 0.0928. The highest BCUT2D eigenvalue weighted by atomic mass is 79.9. The average molecular weight is 410 g/mol. The molecule has 0 spiro atoms. The van der Waals surface area contributed by atoms with E-state index in [1.807, 2.05) is 71.6 Å². The van der Waals surface area contributed by atoms with Gasteiger partial charge in [-0.15, -0.1) is 0 Å². The van der Waals surface area contributed by atoms with Gasteiger partial charge in [0.2, 0.25) is 5.91 Å². The number of benzene rings is 2. The van der Waals surface area contributed by atoms with E-state index in [9.17, 15) is 4.79 Å². The zero-order valence-corrected chi connectivity index (χ0v) is 16.0. The van der Waals surface area contributed by atoms with Crippen molar-refractivity contribution in [2.24, 2.45) is 0 Å². The highest BCUT2D eigenvalue weighted by molar-refractivity contribution is 9.11. The molecule has 0 atom stereocenters. The van der Waals surface area contributed by atoms with E-state index in [0.29, 0.717) is 6.54 Å². The number of rotatable bonds is 6. The number of amides is 1. The summed E-state index contributed by atoms with van der Waals surface area (Å²) in [6.45, 7) is 5.03. The Bertz CT molecular complexity index is 838. The number of hydrogen-bond acceptors (Lipinski definition) is 2. The Kier molecular flexibility index (Phi) is 6.08. The molecule has 0 N–H and O–H groups in total. The summed E-state index contributed by atoms with van der Waals surface area (Å²) in [7, 11) is 0. The van der Waals surface area contributed by atoms with E-state index in [1.165, 1.54) is 0 Å². The van der Waals surface area contributed by atoms with Gasteiger partial charge in [-0.25, -0.2) is 0 Å². The lowest BCUT2D eigenvalue weighted by Gasteiger charge is -2.15. The van der Waals surface area contributed by atoms with Crippen LogP contribution in [0.3, 0.4) is 0 Å². The SMILES string of the molecule is C=C/C(Br)=C\C=C1/CCN(Cc2ccc(Oc3ccccc3)cc2)C1=O. The monoisotopic (exact) mass is 409 g/mol. The third-order valence-electron chi connectivity index (χ3n) is 4.13. The molecule has 4 heteroatoms. The van der Waals surface area contributed by atoms with Gasteiger partial charge in [0.25, 0.3) is 0 Å². The van der Waals surface area contributed by atoms with Gasteiger partial charge in [0.1, 0.15) is 11.5 Å². The minimum atomic E-state index is 0.0928. The Hall–Kier alpha value is -2.59. The maximum atomic E-state index is 12.5. The zero-order chi connectivity index (χ0) is 18.4. The fourth-order valence-electron chi connectivity index (χ4n) is 2.73. The average Bonchev–Trinajstić information content (AvgIpc) is 3.02. The van der Waals surface area contributed by atoms with Gasteiger partial charge in [0.15, 0.2) is 0 Å². The molecular weight excluding hydrogens is 390 g/mol. The van der Waals surface area contributed by atoms with Crippen LogP contribution < -0.4 is 4.74 Å². The van der Waals surface area contributed by atoms with Gasteiger partial charge in [0.05, 0.1) is 0 Å². The number of likely N-dealkylation sites (tertiary alicyclic amines) is 1. The van der Waals surface area contributed by atoms with Crippen LogP contribution in [-0.2, 0) is 11.3 Å². The Morgan fingerprint density at radius 1 is 1.12 bits per heavy atom. The van der Waals surface area contributed by atoms with E-state index in [0.717, 1.165) is 40.1 Å². The van der Waals surface area contributed by atoms with Crippen LogP contribution in [0, 0.1) is 0 Å². The van der Waals surface area contributed by atoms with Crippen molar-refractivity contribution in [2.45, 2.75) is 13.0 Å². The quantitative estimate of drug-likeness (QED) is 0.458. The molecule has 3 rings (SSSR count). The Balaban J connectivity index is 1.61. The molecular formula is C22H20BrNO2. The van der Waals surface area contributed by atoms with E-state index in [1.54, 1.807) is 6.08 Å². The van der Waals surface area contributed by atoms with Crippen LogP contribution in [0.25, 0.3) is 0 Å². The number of halogens is 1. The van der Waals surface area contributed by atoms with Crippen LogP contribution in [0.5, 0.6) is 11.5 Å². The molecule has 1 amide bonds. The summed E-state index contributed by atoms with van der Waals surface area (Å²) in [5, 5.41) is 0. The van der Waals surface area contributed by atoms with E-state index in [4.69, 9.17) is 4.74 Å². The van der Waals surface area contributed by atoms with Crippen LogP contribution in [0.1, 0.15) is 12.0 Å². The molecule has 0 unspecified atom stereocenters. The van der Waals surface area contributed by atoms with Crippen LogP contribution in [0.2, 0.25) is 0 Å². The highest BCUT2D eigenvalue weighted by Crippen LogP contribution is 2.24. The van der Waals surface area contributed by atoms with Gasteiger partial charge < -0.3 is 9.64 Å². The van der Waals surface area contributed by atoms with Crippen molar-refractivity contribution in [3.63, 3.8) is 0 Å². The second kappa shape index (κ2) is 8.68. The standard InChI is InChI=1S/C22H20BrNO2/c1-2-19(23)11-10-18-14-15-24(22(18)25)16-17-8-12-21(13-9-17)26-20-6-4-3-5-7-20/h2-13H,1,14-16H2/b18-10+,19-11+. The van der Waals surface area contributed by atoms with Gasteiger partial charge in [-0.3, -0.25) is 4.79 Å². The Labute approximate surface area is 162 Å². The number of carbonyl (C=O) groups is 1. The largest absolute Gasteiger partial charge is 0.457 e. The minimum Gasteiger partial charge on any atom is -0.457 e. The molecule has 0 aliphatic carbocycles. The summed E-state index contributed by atoms with van der Waals surface area (Å²) in [5.41, 5.74) is 1.91. The molecule has 132 valence electrons. The lowest BCUT2D eigenvalue weighted by Crippen LogP contribution is -2.24. The maximum Gasteiger partial charge on any atom is 0.250 e. The lowest BCUT2D eigenvalue weighted by molar-refractivity contribution is -0.125. The molecule has 2 aromatic carbocycles. The summed E-state index contributed by atoms with van der Waals surface area (Å²) in [5.74, 6) is 1.69. The summed E-state index contributed by atoms with van der Waals surface area (Å²) in [4.78, 5) is 14.4. The molecule has 3 nitrogen and oxygen atoms in total. The smallest absolute Gasteiger partial charge is 0.250 e. The molecule has 1 aliphatic heterocycles. The van der Waals surface area contributed by atoms with Gasteiger partial charge in [-0.05, 0) is 42.3 Å². The Morgan fingerprint density at radius 2 is 1.81 bits per heavy atom. The first kappa shape index (κ1) is 18.2.